The van der Waals surface area contributed by atoms with E-state index in [2.05, 4.69) is 5.32 Å². The van der Waals surface area contributed by atoms with Crippen LogP contribution in [0.1, 0.15) is 23.6 Å². The van der Waals surface area contributed by atoms with Crippen LogP contribution in [0.2, 0.25) is 5.02 Å². The van der Waals surface area contributed by atoms with Crippen LogP contribution in [-0.4, -0.2) is 26.6 Å². The van der Waals surface area contributed by atoms with Gasteiger partial charge in [0.15, 0.2) is 0 Å². The van der Waals surface area contributed by atoms with Gasteiger partial charge in [-0.3, -0.25) is 9.10 Å². The monoisotopic (exact) mass is 448 g/mol. The number of alkyl halides is 3. The summed E-state index contributed by atoms with van der Waals surface area (Å²) in [6.45, 7) is 5.02. The van der Waals surface area contributed by atoms with Gasteiger partial charge in [0.05, 0.1) is 22.5 Å². The molecule has 0 aliphatic carbocycles. The Bertz CT molecular complexity index is 1040. The molecule has 0 fully saturated rings. The van der Waals surface area contributed by atoms with Gasteiger partial charge in [-0.2, -0.15) is 13.2 Å². The normalized spacial score (nSPS) is 13.1. The van der Waals surface area contributed by atoms with E-state index in [1.165, 1.54) is 13.0 Å². The summed E-state index contributed by atoms with van der Waals surface area (Å²) in [6.07, 6.45) is -3.74. The summed E-state index contributed by atoms with van der Waals surface area (Å²) >= 11 is 5.58. The van der Waals surface area contributed by atoms with Crippen molar-refractivity contribution in [2.45, 2.75) is 33.0 Å². The number of nitrogens with one attached hydrogen (secondary N) is 1. The van der Waals surface area contributed by atoms with Crippen LogP contribution in [0.3, 0.4) is 0 Å². The molecule has 2 aromatic rings. The number of carbonyl (C=O) groups is 1. The van der Waals surface area contributed by atoms with Gasteiger partial charge >= 0.3 is 6.18 Å². The number of halogens is 4. The first-order valence-electron chi connectivity index (χ1n) is 8.46. The maximum atomic E-state index is 13.0. The van der Waals surface area contributed by atoms with E-state index in [4.69, 9.17) is 11.6 Å². The van der Waals surface area contributed by atoms with Gasteiger partial charge in [0.25, 0.3) is 0 Å². The van der Waals surface area contributed by atoms with Gasteiger partial charge in [-0.05, 0) is 62.2 Å². The van der Waals surface area contributed by atoms with Crippen LogP contribution in [0.5, 0.6) is 0 Å². The lowest BCUT2D eigenvalue weighted by atomic mass is 10.1. The van der Waals surface area contributed by atoms with Crippen molar-refractivity contribution < 1.29 is 26.4 Å². The third kappa shape index (κ3) is 5.42. The summed E-state index contributed by atoms with van der Waals surface area (Å²) in [5.41, 5.74) is 0.813. The zero-order valence-corrected chi connectivity index (χ0v) is 17.7. The van der Waals surface area contributed by atoms with Gasteiger partial charge in [0, 0.05) is 5.69 Å². The number of benzene rings is 2. The molecule has 0 aliphatic heterocycles. The lowest BCUT2D eigenvalue weighted by Crippen LogP contribution is -2.45. The molecule has 0 saturated heterocycles. The van der Waals surface area contributed by atoms with Gasteiger partial charge in [-0.1, -0.05) is 17.7 Å². The highest BCUT2D eigenvalue weighted by atomic mass is 35.5. The maximum Gasteiger partial charge on any atom is 0.417 e. The van der Waals surface area contributed by atoms with Crippen molar-refractivity contribution >= 4 is 38.9 Å². The fraction of sp³-hybridized carbons (Fsp3) is 0.316. The molecule has 5 nitrogen and oxygen atoms in total. The summed E-state index contributed by atoms with van der Waals surface area (Å²) in [4.78, 5) is 12.6. The molecule has 1 atom stereocenters. The van der Waals surface area contributed by atoms with Crippen LogP contribution < -0.4 is 9.62 Å². The van der Waals surface area contributed by atoms with Gasteiger partial charge in [0.2, 0.25) is 15.9 Å². The van der Waals surface area contributed by atoms with E-state index in [1.54, 1.807) is 25.1 Å². The summed E-state index contributed by atoms with van der Waals surface area (Å²) < 4.78 is 64.6. The summed E-state index contributed by atoms with van der Waals surface area (Å²) in [6, 6.07) is 6.64. The Balaban J connectivity index is 2.36. The average molecular weight is 449 g/mol. The van der Waals surface area contributed by atoms with Crippen LogP contribution in [0.25, 0.3) is 0 Å². The number of anilines is 2. The Morgan fingerprint density at radius 1 is 1.10 bits per heavy atom. The van der Waals surface area contributed by atoms with Gasteiger partial charge < -0.3 is 5.32 Å². The van der Waals surface area contributed by atoms with E-state index in [1.807, 2.05) is 6.92 Å². The van der Waals surface area contributed by atoms with Crippen LogP contribution in [-0.2, 0) is 21.0 Å². The zero-order chi connectivity index (χ0) is 22.1. The van der Waals surface area contributed by atoms with Crippen LogP contribution in [0, 0.1) is 13.8 Å². The van der Waals surface area contributed by atoms with E-state index >= 15 is 0 Å². The summed E-state index contributed by atoms with van der Waals surface area (Å²) in [5.74, 6) is -0.788. The third-order valence-corrected chi connectivity index (χ3v) is 5.94. The van der Waals surface area contributed by atoms with E-state index in [0.717, 1.165) is 27.8 Å². The minimum absolute atomic E-state index is 0.146. The van der Waals surface area contributed by atoms with E-state index in [-0.39, 0.29) is 11.4 Å². The zero-order valence-electron chi connectivity index (χ0n) is 16.1. The minimum Gasteiger partial charge on any atom is -0.324 e. The number of rotatable bonds is 5. The molecule has 0 heterocycles. The predicted octanol–water partition coefficient (Wildman–Crippen LogP) is 4.77. The Morgan fingerprint density at radius 2 is 1.72 bits per heavy atom. The predicted molar refractivity (Wildman–Crippen MR) is 108 cm³/mol. The fourth-order valence-corrected chi connectivity index (χ4v) is 4.13. The van der Waals surface area contributed by atoms with Crippen LogP contribution >= 0.6 is 11.6 Å². The number of sulfonamides is 1. The average Bonchev–Trinajstić information content (AvgIpc) is 2.57. The Labute approximate surface area is 172 Å². The standard InChI is InChI=1S/C19H20ClF3N2O3S/c1-11-5-7-15(9-12(11)2)25(29(4,27)28)13(3)18(26)24-14-6-8-17(20)16(10-14)19(21,22)23/h5-10,13H,1-4H3,(H,24,26)/t13-/m1/s1. The van der Waals surface area contributed by atoms with Crippen molar-refractivity contribution in [3.63, 3.8) is 0 Å². The maximum absolute atomic E-state index is 13.0. The number of hydrogen-bond donors (Lipinski definition) is 1. The Kier molecular flexibility index (Phi) is 6.54. The molecule has 0 saturated carbocycles. The van der Waals surface area contributed by atoms with E-state index in [9.17, 15) is 26.4 Å². The van der Waals surface area contributed by atoms with Crippen LogP contribution in [0.15, 0.2) is 36.4 Å². The number of aryl methyl sites for hydroxylation is 2. The largest absolute Gasteiger partial charge is 0.417 e. The highest BCUT2D eigenvalue weighted by Crippen LogP contribution is 2.36. The molecule has 0 bridgehead atoms. The molecule has 29 heavy (non-hydrogen) atoms. The molecule has 1 N–H and O–H groups in total. The van der Waals surface area contributed by atoms with Crippen molar-refractivity contribution in [3.8, 4) is 0 Å². The SMILES string of the molecule is Cc1ccc(N([C@H](C)C(=O)Nc2ccc(Cl)c(C(F)(F)F)c2)S(C)(=O)=O)cc1C. The number of hydrogen-bond acceptors (Lipinski definition) is 3. The molecule has 0 unspecified atom stereocenters. The van der Waals surface area contributed by atoms with Gasteiger partial charge in [-0.25, -0.2) is 8.42 Å². The molecule has 10 heteroatoms. The first-order chi connectivity index (χ1) is 13.2. The topological polar surface area (TPSA) is 66.5 Å². The number of carbonyl (C=O) groups excluding carboxylic acids is 1. The first-order valence-corrected chi connectivity index (χ1v) is 10.7. The second-order valence-electron chi connectivity index (χ2n) is 6.68. The molecule has 0 radical (unpaired) electrons. The first kappa shape index (κ1) is 23.0. The fourth-order valence-electron chi connectivity index (χ4n) is 2.74. The molecular formula is C19H20ClF3N2O3S. The molecule has 2 aromatic carbocycles. The van der Waals surface area contributed by atoms with Crippen molar-refractivity contribution in [1.82, 2.24) is 0 Å². The van der Waals surface area contributed by atoms with Crippen molar-refractivity contribution in [3.05, 3.63) is 58.1 Å². The smallest absolute Gasteiger partial charge is 0.324 e. The van der Waals surface area contributed by atoms with Crippen molar-refractivity contribution in [1.29, 1.82) is 0 Å². The Hall–Kier alpha value is -2.26. The van der Waals surface area contributed by atoms with Crippen molar-refractivity contribution in [2.75, 3.05) is 15.9 Å². The number of nitrogens with zero attached hydrogens (tertiary/aromatic N) is 1. The molecule has 0 aromatic heterocycles. The number of amides is 1. The molecular weight excluding hydrogens is 429 g/mol. The van der Waals surface area contributed by atoms with Crippen LogP contribution in [0.4, 0.5) is 24.5 Å². The minimum atomic E-state index is -4.69. The molecule has 2 rings (SSSR count). The highest BCUT2D eigenvalue weighted by molar-refractivity contribution is 7.92. The second-order valence-corrected chi connectivity index (χ2v) is 8.95. The van der Waals surface area contributed by atoms with E-state index < -0.39 is 38.7 Å². The molecule has 158 valence electrons. The molecule has 0 spiro atoms. The highest BCUT2D eigenvalue weighted by Gasteiger charge is 2.34. The quantitative estimate of drug-likeness (QED) is 0.716. The lowest BCUT2D eigenvalue weighted by Gasteiger charge is -2.28. The Morgan fingerprint density at radius 3 is 2.24 bits per heavy atom. The van der Waals surface area contributed by atoms with Gasteiger partial charge in [0.1, 0.15) is 6.04 Å². The summed E-state index contributed by atoms with van der Waals surface area (Å²) in [7, 11) is -3.85. The second kappa shape index (κ2) is 8.23. The lowest BCUT2D eigenvalue weighted by molar-refractivity contribution is -0.137. The summed E-state index contributed by atoms with van der Waals surface area (Å²) in [5, 5.41) is 1.82. The molecule has 0 aliphatic rings. The van der Waals surface area contributed by atoms with E-state index in [0.29, 0.717) is 6.07 Å². The van der Waals surface area contributed by atoms with Gasteiger partial charge in [-0.15, -0.1) is 0 Å². The third-order valence-electron chi connectivity index (χ3n) is 4.37. The van der Waals surface area contributed by atoms with Crippen molar-refractivity contribution in [2.24, 2.45) is 0 Å². The molecule has 1 amide bonds.